The second-order valence-corrected chi connectivity index (χ2v) is 10.7. The summed E-state index contributed by atoms with van der Waals surface area (Å²) in [4.78, 5) is 43.1. The van der Waals surface area contributed by atoms with E-state index in [1.165, 1.54) is 0 Å². The predicted octanol–water partition coefficient (Wildman–Crippen LogP) is 5.08. The Hall–Kier alpha value is -3.29. The molecular weight excluding hydrogens is 501 g/mol. The molecule has 0 bridgehead atoms. The summed E-state index contributed by atoms with van der Waals surface area (Å²) >= 11 is 12.5. The second-order valence-electron chi connectivity index (χ2n) is 9.93. The zero-order valence-corrected chi connectivity index (χ0v) is 21.6. The quantitative estimate of drug-likeness (QED) is 0.541. The van der Waals surface area contributed by atoms with E-state index in [1.54, 1.807) is 54.3 Å². The number of halogens is 2. The van der Waals surface area contributed by atoms with Gasteiger partial charge in [-0.25, -0.2) is 4.79 Å². The van der Waals surface area contributed by atoms with E-state index in [4.69, 9.17) is 33.7 Å². The summed E-state index contributed by atoms with van der Waals surface area (Å²) in [6, 6.07) is 12.0. The number of hydrogen-bond acceptors (Lipinski definition) is 6. The first-order chi connectivity index (χ1) is 17.0. The highest BCUT2D eigenvalue weighted by Gasteiger charge is 2.62. The number of benzene rings is 2. The van der Waals surface area contributed by atoms with Crippen LogP contribution in [0.2, 0.25) is 10.0 Å². The maximum absolute atomic E-state index is 14.0. The van der Waals surface area contributed by atoms with Gasteiger partial charge in [-0.1, -0.05) is 55.2 Å². The molecule has 9 heteroatoms. The smallest absolute Gasteiger partial charge is 0.339 e. The number of Topliss-reactive ketones (excluding diaryl/α,β-unsaturated/α-hetero) is 1. The lowest BCUT2D eigenvalue weighted by molar-refractivity contribution is -0.140. The normalized spacial score (nSPS) is 22.5. The molecule has 3 aliphatic rings. The van der Waals surface area contributed by atoms with Gasteiger partial charge in [0.15, 0.2) is 5.78 Å². The van der Waals surface area contributed by atoms with Crippen LogP contribution in [-0.2, 0) is 24.5 Å². The Labute approximate surface area is 218 Å². The molecule has 2 heterocycles. The van der Waals surface area contributed by atoms with Gasteiger partial charge < -0.3 is 15.8 Å². The fourth-order valence-corrected chi connectivity index (χ4v) is 5.91. The molecule has 0 radical (unpaired) electrons. The summed E-state index contributed by atoms with van der Waals surface area (Å²) in [6.07, 6.45) is 0.635. The molecule has 1 atom stereocenters. The Morgan fingerprint density at radius 3 is 2.53 bits per heavy atom. The van der Waals surface area contributed by atoms with Crippen molar-refractivity contribution in [2.24, 2.45) is 11.1 Å². The highest BCUT2D eigenvalue weighted by atomic mass is 35.5. The predicted molar refractivity (Wildman–Crippen MR) is 139 cm³/mol. The Bertz CT molecular complexity index is 1410. The van der Waals surface area contributed by atoms with Crippen LogP contribution in [0.1, 0.15) is 39.2 Å². The molecule has 0 aromatic heterocycles. The van der Waals surface area contributed by atoms with Crippen LogP contribution in [0.15, 0.2) is 65.1 Å². The molecule has 1 spiro atoms. The number of nitrogens with two attached hydrogens (primary N) is 1. The number of fused-ring (bicyclic) bond motifs is 3. The second kappa shape index (κ2) is 8.39. The van der Waals surface area contributed by atoms with E-state index in [0.717, 1.165) is 0 Å². The monoisotopic (exact) mass is 525 g/mol. The number of para-hydroxylation sites is 1. The summed E-state index contributed by atoms with van der Waals surface area (Å²) in [5.74, 6) is -1.50. The number of esters is 1. The molecule has 1 aliphatic carbocycles. The number of carbonyl (C=O) groups excluding carboxylic acids is 3. The molecule has 1 amide bonds. The number of nitrogens with zero attached hydrogens (tertiary/aromatic N) is 1. The molecule has 0 saturated carbocycles. The van der Waals surface area contributed by atoms with Crippen LogP contribution in [0.3, 0.4) is 0 Å². The first-order valence-electron chi connectivity index (χ1n) is 11.6. The minimum atomic E-state index is -1.73. The Morgan fingerprint density at radius 2 is 1.83 bits per heavy atom. The summed E-state index contributed by atoms with van der Waals surface area (Å²) in [7, 11) is 0. The van der Waals surface area contributed by atoms with E-state index in [9.17, 15) is 14.4 Å². The van der Waals surface area contributed by atoms with Gasteiger partial charge in [-0.15, -0.1) is 0 Å². The minimum Gasteiger partial charge on any atom is -0.462 e. The molecule has 1 unspecified atom stereocenters. The average molecular weight is 526 g/mol. The number of ether oxygens (including phenoxy) is 1. The van der Waals surface area contributed by atoms with E-state index in [0.29, 0.717) is 34.1 Å². The number of carbonyl (C=O) groups is 3. The molecule has 7 nitrogen and oxygen atoms in total. The van der Waals surface area contributed by atoms with Crippen molar-refractivity contribution in [2.75, 3.05) is 16.8 Å². The summed E-state index contributed by atoms with van der Waals surface area (Å²) in [5.41, 5.74) is 6.86. The van der Waals surface area contributed by atoms with Crippen molar-refractivity contribution < 1.29 is 19.1 Å². The van der Waals surface area contributed by atoms with Crippen molar-refractivity contribution in [3.63, 3.8) is 0 Å². The van der Waals surface area contributed by atoms with Gasteiger partial charge in [0.25, 0.3) is 0 Å². The molecule has 2 aromatic carbocycles. The Balaban J connectivity index is 1.92. The maximum Gasteiger partial charge on any atom is 0.339 e. The number of amides is 1. The highest BCUT2D eigenvalue weighted by molar-refractivity contribution is 6.42. The van der Waals surface area contributed by atoms with E-state index in [1.807, 2.05) is 13.8 Å². The number of hydrogen-bond donors (Lipinski definition) is 2. The molecule has 2 aromatic rings. The minimum absolute atomic E-state index is 0.00272. The van der Waals surface area contributed by atoms with E-state index >= 15 is 0 Å². The molecule has 3 N–H and O–H groups in total. The summed E-state index contributed by atoms with van der Waals surface area (Å²) in [6.45, 7) is 5.70. The largest absolute Gasteiger partial charge is 0.462 e. The SMILES string of the molecule is CCOC(=O)C1=C(N)N(c2ccc(Cl)c(Cl)c2)C2=C(C(=O)CC(C)(C)C2)C12C(=O)Nc1ccccc12. The highest BCUT2D eigenvalue weighted by Crippen LogP contribution is 2.57. The van der Waals surface area contributed by atoms with Gasteiger partial charge in [0.2, 0.25) is 5.91 Å². The average Bonchev–Trinajstić information content (AvgIpc) is 3.07. The fraction of sp³-hybridized carbons (Fsp3) is 0.296. The number of nitrogens with one attached hydrogen (secondary N) is 1. The van der Waals surface area contributed by atoms with E-state index < -0.39 is 22.7 Å². The van der Waals surface area contributed by atoms with Crippen LogP contribution in [0, 0.1) is 5.41 Å². The van der Waals surface area contributed by atoms with Crippen LogP contribution in [0.5, 0.6) is 0 Å². The van der Waals surface area contributed by atoms with Crippen LogP contribution in [-0.4, -0.2) is 24.3 Å². The number of ketones is 1. The van der Waals surface area contributed by atoms with Gasteiger partial charge in [0, 0.05) is 34.6 Å². The van der Waals surface area contributed by atoms with Gasteiger partial charge in [0.1, 0.15) is 16.8 Å². The first kappa shape index (κ1) is 24.4. The van der Waals surface area contributed by atoms with Crippen LogP contribution in [0.25, 0.3) is 0 Å². The summed E-state index contributed by atoms with van der Waals surface area (Å²) < 4.78 is 5.42. The molecule has 0 saturated heterocycles. The zero-order chi connectivity index (χ0) is 26.0. The summed E-state index contributed by atoms with van der Waals surface area (Å²) in [5, 5.41) is 3.50. The van der Waals surface area contributed by atoms with Crippen molar-refractivity contribution in [2.45, 2.75) is 39.0 Å². The van der Waals surface area contributed by atoms with E-state index in [-0.39, 0.29) is 40.8 Å². The number of allylic oxidation sites excluding steroid dienone is 1. The van der Waals surface area contributed by atoms with Crippen LogP contribution < -0.4 is 16.0 Å². The lowest BCUT2D eigenvalue weighted by Crippen LogP contribution is -2.54. The van der Waals surface area contributed by atoms with Gasteiger partial charge in [0.05, 0.1) is 16.7 Å². The van der Waals surface area contributed by atoms with Gasteiger partial charge in [-0.05, 0) is 43.0 Å². The van der Waals surface area contributed by atoms with Crippen molar-refractivity contribution in [3.8, 4) is 0 Å². The van der Waals surface area contributed by atoms with Crippen LogP contribution in [0.4, 0.5) is 11.4 Å². The lowest BCUT2D eigenvalue weighted by atomic mass is 9.60. The van der Waals surface area contributed by atoms with Crippen LogP contribution >= 0.6 is 23.2 Å². The van der Waals surface area contributed by atoms with Gasteiger partial charge in [-0.3, -0.25) is 14.5 Å². The standard InChI is InChI=1S/C27H25Cl2N3O4/c1-4-36-24(34)22-23(30)32(14-9-10-16(28)17(29)11-14)19-12-26(2,3)13-20(33)21(19)27(22)15-7-5-6-8-18(15)31-25(27)35/h5-11H,4,12-13,30H2,1-3H3,(H,31,35). The molecule has 2 aliphatic heterocycles. The van der Waals surface area contributed by atoms with E-state index in [2.05, 4.69) is 5.32 Å². The third kappa shape index (κ3) is 3.37. The zero-order valence-electron chi connectivity index (χ0n) is 20.1. The Morgan fingerprint density at radius 1 is 1.11 bits per heavy atom. The third-order valence-electron chi connectivity index (χ3n) is 6.93. The molecule has 36 heavy (non-hydrogen) atoms. The molecule has 0 fully saturated rings. The van der Waals surface area contributed by atoms with Crippen molar-refractivity contribution in [3.05, 3.63) is 80.7 Å². The maximum atomic E-state index is 14.0. The molecule has 186 valence electrons. The lowest BCUT2D eigenvalue weighted by Gasteiger charge is -2.47. The first-order valence-corrected chi connectivity index (χ1v) is 12.4. The molecular formula is C27H25Cl2N3O4. The van der Waals surface area contributed by atoms with Crippen molar-refractivity contribution >= 4 is 52.2 Å². The fourth-order valence-electron chi connectivity index (χ4n) is 5.61. The number of anilines is 2. The van der Waals surface area contributed by atoms with Gasteiger partial charge >= 0.3 is 5.97 Å². The third-order valence-corrected chi connectivity index (χ3v) is 7.67. The number of rotatable bonds is 3. The molecule has 5 rings (SSSR count). The Kier molecular flexibility index (Phi) is 5.69. The van der Waals surface area contributed by atoms with Crippen molar-refractivity contribution in [1.29, 1.82) is 0 Å². The van der Waals surface area contributed by atoms with Crippen molar-refractivity contribution in [1.82, 2.24) is 0 Å². The van der Waals surface area contributed by atoms with Gasteiger partial charge in [-0.2, -0.15) is 0 Å². The topological polar surface area (TPSA) is 102 Å².